The fourth-order valence-corrected chi connectivity index (χ4v) is 2.57. The summed E-state index contributed by atoms with van der Waals surface area (Å²) in [7, 11) is 2.97. The topological polar surface area (TPSA) is 72.5 Å². The number of nitrogens with zero attached hydrogens (tertiary/aromatic N) is 1. The van der Waals surface area contributed by atoms with E-state index in [9.17, 15) is 4.79 Å². The number of thiazole rings is 1. The maximum atomic E-state index is 11.9. The van der Waals surface area contributed by atoms with E-state index in [1.165, 1.54) is 26.5 Å². The number of benzene rings is 1. The fourth-order valence-electron chi connectivity index (χ4n) is 1.52. The minimum Gasteiger partial charge on any atom is -0.495 e. The first-order valence-corrected chi connectivity index (χ1v) is 7.21. The number of hydrogen-bond acceptors (Lipinski definition) is 5. The van der Waals surface area contributed by atoms with Crippen LogP contribution in [0, 0.1) is 0 Å². The minimum atomic E-state index is -0.486. The number of nitrogens with one attached hydrogen (secondary N) is 2. The number of anilines is 2. The van der Waals surface area contributed by atoms with Crippen molar-refractivity contribution in [1.82, 2.24) is 4.98 Å². The van der Waals surface area contributed by atoms with Gasteiger partial charge in [-0.25, -0.2) is 9.78 Å². The highest BCUT2D eigenvalue weighted by molar-refractivity contribution is 7.19. The van der Waals surface area contributed by atoms with Crippen LogP contribution in [0.3, 0.4) is 0 Å². The van der Waals surface area contributed by atoms with Gasteiger partial charge in [-0.15, -0.1) is 0 Å². The van der Waals surface area contributed by atoms with Gasteiger partial charge in [0.05, 0.1) is 31.1 Å². The molecular weight excluding hydrogens is 337 g/mol. The van der Waals surface area contributed by atoms with Crippen molar-refractivity contribution in [3.63, 3.8) is 0 Å². The zero-order valence-electron chi connectivity index (χ0n) is 11.1. The highest BCUT2D eigenvalue weighted by Crippen LogP contribution is 2.36. The van der Waals surface area contributed by atoms with Crippen LogP contribution in [0.1, 0.15) is 0 Å². The van der Waals surface area contributed by atoms with Crippen molar-refractivity contribution >= 4 is 51.4 Å². The molecule has 112 valence electrons. The molecule has 9 heteroatoms. The first-order chi connectivity index (χ1) is 10.0. The number of methoxy groups -OCH3 is 2. The lowest BCUT2D eigenvalue weighted by molar-refractivity contribution is 0.262. The summed E-state index contributed by atoms with van der Waals surface area (Å²) in [6.45, 7) is 0. The number of carbonyl (C=O) groups excluding carboxylic acids is 1. The quantitative estimate of drug-likeness (QED) is 0.872. The van der Waals surface area contributed by atoms with Crippen LogP contribution < -0.4 is 20.1 Å². The van der Waals surface area contributed by atoms with E-state index in [2.05, 4.69) is 15.6 Å². The maximum absolute atomic E-state index is 11.9. The maximum Gasteiger partial charge on any atom is 0.325 e. The van der Waals surface area contributed by atoms with Gasteiger partial charge in [-0.05, 0) is 6.07 Å². The van der Waals surface area contributed by atoms with Gasteiger partial charge in [-0.2, -0.15) is 0 Å². The molecule has 0 aliphatic carbocycles. The zero-order valence-corrected chi connectivity index (χ0v) is 13.4. The molecule has 0 fully saturated rings. The van der Waals surface area contributed by atoms with Gasteiger partial charge in [0.1, 0.15) is 15.8 Å². The lowest BCUT2D eigenvalue weighted by Gasteiger charge is -2.13. The van der Waals surface area contributed by atoms with Crippen LogP contribution in [-0.2, 0) is 0 Å². The summed E-state index contributed by atoms with van der Waals surface area (Å²) in [5, 5.41) is 5.91. The van der Waals surface area contributed by atoms with Crippen molar-refractivity contribution in [3.8, 4) is 11.5 Å². The number of ether oxygens (including phenoxy) is 2. The third kappa shape index (κ3) is 3.90. The Balaban J connectivity index is 2.14. The average molecular weight is 348 g/mol. The van der Waals surface area contributed by atoms with Crippen LogP contribution in [0.15, 0.2) is 18.3 Å². The van der Waals surface area contributed by atoms with Crippen molar-refractivity contribution in [2.75, 3.05) is 24.9 Å². The van der Waals surface area contributed by atoms with Gasteiger partial charge in [0.2, 0.25) is 0 Å². The average Bonchev–Trinajstić information content (AvgIpc) is 2.84. The molecule has 0 aliphatic heterocycles. The summed E-state index contributed by atoms with van der Waals surface area (Å²) in [5.41, 5.74) is 0.406. The van der Waals surface area contributed by atoms with Gasteiger partial charge in [-0.1, -0.05) is 34.5 Å². The van der Waals surface area contributed by atoms with E-state index >= 15 is 0 Å². The molecule has 1 aromatic heterocycles. The predicted molar refractivity (Wildman–Crippen MR) is 84.3 cm³/mol. The number of carbonyl (C=O) groups is 1. The van der Waals surface area contributed by atoms with E-state index in [4.69, 9.17) is 32.7 Å². The van der Waals surface area contributed by atoms with Crippen molar-refractivity contribution in [1.29, 1.82) is 0 Å². The highest BCUT2D eigenvalue weighted by atomic mass is 35.5. The normalized spacial score (nSPS) is 10.1. The molecule has 2 N–H and O–H groups in total. The number of aromatic nitrogens is 1. The van der Waals surface area contributed by atoms with E-state index in [-0.39, 0.29) is 0 Å². The second-order valence-electron chi connectivity index (χ2n) is 3.74. The number of amides is 2. The molecule has 6 nitrogen and oxygen atoms in total. The van der Waals surface area contributed by atoms with E-state index < -0.39 is 6.03 Å². The molecule has 1 aromatic carbocycles. The molecule has 0 saturated heterocycles. The van der Waals surface area contributed by atoms with Gasteiger partial charge in [-0.3, -0.25) is 5.32 Å². The molecule has 0 atom stereocenters. The van der Waals surface area contributed by atoms with Gasteiger partial charge >= 0.3 is 6.03 Å². The Morgan fingerprint density at radius 1 is 1.19 bits per heavy atom. The molecule has 0 spiro atoms. The number of hydrogen-bond donors (Lipinski definition) is 2. The van der Waals surface area contributed by atoms with Crippen LogP contribution in [0.25, 0.3) is 0 Å². The molecule has 1 heterocycles. The standard InChI is InChI=1S/C12H11Cl2N3O3S/c1-19-8-4-9(20-2)7(3-6(8)13)16-11(18)17-12-15-5-10(14)21-12/h3-5H,1-2H3,(H2,15,16,17,18). The molecule has 0 saturated carbocycles. The smallest absolute Gasteiger partial charge is 0.325 e. The lowest BCUT2D eigenvalue weighted by Crippen LogP contribution is -2.19. The molecule has 2 amide bonds. The lowest BCUT2D eigenvalue weighted by atomic mass is 10.2. The summed E-state index contributed by atoms with van der Waals surface area (Å²) in [6.07, 6.45) is 1.45. The Kier molecular flexibility index (Phi) is 5.11. The van der Waals surface area contributed by atoms with Crippen molar-refractivity contribution in [2.24, 2.45) is 0 Å². The zero-order chi connectivity index (χ0) is 15.4. The molecule has 0 unspecified atom stereocenters. The van der Waals surface area contributed by atoms with Gasteiger partial charge in [0.15, 0.2) is 5.13 Å². The summed E-state index contributed by atoms with van der Waals surface area (Å²) in [6, 6.07) is 2.63. The Morgan fingerprint density at radius 2 is 1.90 bits per heavy atom. The Bertz CT molecular complexity index is 663. The van der Waals surface area contributed by atoms with Gasteiger partial charge in [0, 0.05) is 6.07 Å². The van der Waals surface area contributed by atoms with Crippen molar-refractivity contribution in [2.45, 2.75) is 0 Å². The first-order valence-electron chi connectivity index (χ1n) is 5.64. The molecular formula is C12H11Cl2N3O3S. The van der Waals surface area contributed by atoms with Crippen LogP contribution >= 0.6 is 34.5 Å². The molecule has 2 aromatic rings. The highest BCUT2D eigenvalue weighted by Gasteiger charge is 2.13. The predicted octanol–water partition coefficient (Wildman–Crippen LogP) is 4.11. The molecule has 2 rings (SSSR count). The number of rotatable bonds is 4. The first kappa shape index (κ1) is 15.7. The Morgan fingerprint density at radius 3 is 2.48 bits per heavy atom. The second-order valence-corrected chi connectivity index (χ2v) is 5.80. The second kappa shape index (κ2) is 6.84. The van der Waals surface area contributed by atoms with Gasteiger partial charge in [0.25, 0.3) is 0 Å². The summed E-state index contributed by atoms with van der Waals surface area (Å²) in [4.78, 5) is 15.8. The summed E-state index contributed by atoms with van der Waals surface area (Å²) in [5.74, 6) is 0.870. The van der Waals surface area contributed by atoms with Crippen LogP contribution in [0.4, 0.5) is 15.6 Å². The fraction of sp³-hybridized carbons (Fsp3) is 0.167. The van der Waals surface area contributed by atoms with E-state index in [0.717, 1.165) is 11.3 Å². The van der Waals surface area contributed by atoms with E-state index in [1.54, 1.807) is 6.07 Å². The van der Waals surface area contributed by atoms with Gasteiger partial charge < -0.3 is 14.8 Å². The summed E-state index contributed by atoms with van der Waals surface area (Å²) < 4.78 is 10.7. The SMILES string of the molecule is COc1cc(OC)c(NC(=O)Nc2ncc(Cl)s2)cc1Cl. The Hall–Kier alpha value is -1.70. The van der Waals surface area contributed by atoms with E-state index in [1.807, 2.05) is 0 Å². The summed E-state index contributed by atoms with van der Waals surface area (Å²) >= 11 is 12.9. The largest absolute Gasteiger partial charge is 0.495 e. The molecule has 0 aliphatic rings. The third-order valence-electron chi connectivity index (χ3n) is 2.42. The molecule has 0 bridgehead atoms. The number of halogens is 2. The molecule has 21 heavy (non-hydrogen) atoms. The van der Waals surface area contributed by atoms with Crippen molar-refractivity contribution in [3.05, 3.63) is 27.7 Å². The van der Waals surface area contributed by atoms with Crippen LogP contribution in [0.2, 0.25) is 9.36 Å². The minimum absolute atomic E-state index is 0.353. The van der Waals surface area contributed by atoms with Crippen LogP contribution in [0.5, 0.6) is 11.5 Å². The van der Waals surface area contributed by atoms with Crippen LogP contribution in [-0.4, -0.2) is 25.2 Å². The monoisotopic (exact) mass is 347 g/mol. The Labute approximate surface area is 135 Å². The van der Waals surface area contributed by atoms with Crippen molar-refractivity contribution < 1.29 is 14.3 Å². The molecule has 0 radical (unpaired) electrons. The number of urea groups is 1. The third-order valence-corrected chi connectivity index (χ3v) is 3.75. The van der Waals surface area contributed by atoms with E-state index in [0.29, 0.717) is 31.7 Å².